The van der Waals surface area contributed by atoms with Gasteiger partial charge in [-0.2, -0.15) is 0 Å². The van der Waals surface area contributed by atoms with E-state index in [0.717, 1.165) is 32.1 Å². The lowest BCUT2D eigenvalue weighted by Crippen LogP contribution is -2.61. The Morgan fingerprint density at radius 3 is 2.14 bits per heavy atom. The lowest BCUT2D eigenvalue weighted by Gasteiger charge is -2.42. The van der Waals surface area contributed by atoms with Crippen molar-refractivity contribution < 1.29 is 38.3 Å². The molecule has 0 radical (unpaired) electrons. The average molecular weight is 809 g/mol. The van der Waals surface area contributed by atoms with Gasteiger partial charge < -0.3 is 30.5 Å². The second-order valence-electron chi connectivity index (χ2n) is 18.6. The van der Waals surface area contributed by atoms with Gasteiger partial charge in [0.25, 0.3) is 5.91 Å². The van der Waals surface area contributed by atoms with E-state index in [2.05, 4.69) is 43.6 Å². The SMILES string of the molecule is CCCC(NC(=O)C1[C@@H]2[C@H](CN1C(=O)[C@H](C1CCCCC1)N(CCC(C)C)C(=O)OC(C)(C)C)C2(C)C)C(=O)C(=O)NCC(=O)N[C@H](C(=O)N(C)C)c1ccccc1. The number of nitrogens with zero attached hydrogens (tertiary/aromatic N) is 3. The highest BCUT2D eigenvalue weighted by Gasteiger charge is 2.70. The van der Waals surface area contributed by atoms with Crippen LogP contribution in [0.5, 0.6) is 0 Å². The molecule has 2 aliphatic carbocycles. The fourth-order valence-electron chi connectivity index (χ4n) is 8.71. The van der Waals surface area contributed by atoms with Crippen molar-refractivity contribution in [3.05, 3.63) is 35.9 Å². The minimum atomic E-state index is -1.20. The van der Waals surface area contributed by atoms with Crippen LogP contribution in [0.15, 0.2) is 30.3 Å². The molecule has 6 atom stereocenters. The number of carbonyl (C=O) groups excluding carboxylic acids is 7. The minimum absolute atomic E-state index is 0.0473. The third-order valence-corrected chi connectivity index (χ3v) is 12.0. The van der Waals surface area contributed by atoms with Gasteiger partial charge >= 0.3 is 6.09 Å². The normalized spacial score (nSPS) is 21.5. The number of ketones is 1. The highest BCUT2D eigenvalue weighted by molar-refractivity contribution is 6.38. The predicted octanol–water partition coefficient (Wildman–Crippen LogP) is 4.62. The smallest absolute Gasteiger partial charge is 0.410 e. The lowest BCUT2D eigenvalue weighted by atomic mass is 9.82. The number of Topliss-reactive ketones (excluding diaryl/α,β-unsaturated/α-hetero) is 1. The van der Waals surface area contributed by atoms with E-state index in [4.69, 9.17) is 4.74 Å². The van der Waals surface area contributed by atoms with Crippen molar-refractivity contribution in [1.29, 1.82) is 0 Å². The van der Waals surface area contributed by atoms with Gasteiger partial charge in [-0.05, 0) is 81.1 Å². The van der Waals surface area contributed by atoms with E-state index in [1.54, 1.807) is 75.0 Å². The lowest BCUT2D eigenvalue weighted by molar-refractivity contribution is -0.147. The van der Waals surface area contributed by atoms with Crippen LogP contribution in [0.3, 0.4) is 0 Å². The number of rotatable bonds is 17. The van der Waals surface area contributed by atoms with Crippen LogP contribution in [0.1, 0.15) is 118 Å². The van der Waals surface area contributed by atoms with Crippen LogP contribution in [0, 0.1) is 29.1 Å². The number of benzene rings is 1. The van der Waals surface area contributed by atoms with Crippen LogP contribution in [0.4, 0.5) is 4.79 Å². The van der Waals surface area contributed by atoms with Gasteiger partial charge in [-0.3, -0.25) is 33.7 Å². The van der Waals surface area contributed by atoms with Crippen LogP contribution in [-0.4, -0.2) is 114 Å². The highest BCUT2D eigenvalue weighted by atomic mass is 16.6. The summed E-state index contributed by atoms with van der Waals surface area (Å²) in [6.07, 6.45) is 5.23. The second kappa shape index (κ2) is 19.5. The summed E-state index contributed by atoms with van der Waals surface area (Å²) in [6, 6.07) is 4.75. The first-order valence-electron chi connectivity index (χ1n) is 21.2. The molecule has 2 saturated carbocycles. The Hall–Kier alpha value is -4.49. The van der Waals surface area contributed by atoms with Gasteiger partial charge in [0, 0.05) is 27.2 Å². The van der Waals surface area contributed by atoms with E-state index in [-0.39, 0.29) is 47.3 Å². The third kappa shape index (κ3) is 11.4. The molecule has 0 bridgehead atoms. The van der Waals surface area contributed by atoms with E-state index in [1.807, 2.05) is 6.92 Å². The zero-order valence-electron chi connectivity index (χ0n) is 36.4. The summed E-state index contributed by atoms with van der Waals surface area (Å²) < 4.78 is 5.90. The number of carbonyl (C=O) groups is 7. The molecule has 0 spiro atoms. The van der Waals surface area contributed by atoms with Gasteiger partial charge in [-0.15, -0.1) is 0 Å². The first-order valence-corrected chi connectivity index (χ1v) is 21.2. The summed E-state index contributed by atoms with van der Waals surface area (Å²) >= 11 is 0. The number of hydrogen-bond acceptors (Lipinski definition) is 8. The summed E-state index contributed by atoms with van der Waals surface area (Å²) in [5.74, 6) is -3.78. The topological polar surface area (TPSA) is 175 Å². The summed E-state index contributed by atoms with van der Waals surface area (Å²) in [4.78, 5) is 101. The number of nitrogens with one attached hydrogen (secondary N) is 3. The number of hydrogen-bond donors (Lipinski definition) is 3. The van der Waals surface area contributed by atoms with Gasteiger partial charge in [0.05, 0.1) is 12.6 Å². The molecule has 3 aliphatic rings. The average Bonchev–Trinajstić information content (AvgIpc) is 3.46. The quantitative estimate of drug-likeness (QED) is 0.191. The van der Waals surface area contributed by atoms with Crippen LogP contribution >= 0.6 is 0 Å². The molecule has 6 amide bonds. The fourth-order valence-corrected chi connectivity index (χ4v) is 8.71. The van der Waals surface area contributed by atoms with Crippen LogP contribution < -0.4 is 16.0 Å². The standard InChI is InChI=1S/C44H68N6O8/c1-11-18-31(37(52)39(54)45-25-32(51)47-34(40(55)48(9)10)28-19-14-12-15-20-28)46-38(53)36-33-30(44(33,7)8)26-50(36)41(56)35(29-21-16-13-17-22-29)49(24-23-27(2)3)42(57)58-43(4,5)6/h12,14-15,19-20,27,29-31,33-36H,11,13,16-18,21-26H2,1-10H3,(H,45,54)(H,46,53)(H,47,51)/t30-,31?,33-,34-,35-,36?/m0/s1. The van der Waals surface area contributed by atoms with Crippen molar-refractivity contribution in [2.24, 2.45) is 29.1 Å². The van der Waals surface area contributed by atoms with Crippen LogP contribution in [-0.2, 0) is 33.5 Å². The fraction of sp³-hybridized carbons (Fsp3) is 0.705. The maximum Gasteiger partial charge on any atom is 0.410 e. The maximum absolute atomic E-state index is 15.0. The molecule has 1 aliphatic heterocycles. The number of piperidine rings is 1. The Morgan fingerprint density at radius 2 is 1.57 bits per heavy atom. The monoisotopic (exact) mass is 809 g/mol. The van der Waals surface area contributed by atoms with Gasteiger partial charge in [0.1, 0.15) is 23.7 Å². The summed E-state index contributed by atoms with van der Waals surface area (Å²) in [7, 11) is 3.14. The zero-order chi connectivity index (χ0) is 43.1. The number of ether oxygens (including phenoxy) is 1. The molecule has 3 fully saturated rings. The van der Waals surface area contributed by atoms with E-state index < -0.39 is 65.9 Å². The van der Waals surface area contributed by atoms with Crippen molar-refractivity contribution in [2.45, 2.75) is 137 Å². The van der Waals surface area contributed by atoms with E-state index >= 15 is 4.79 Å². The summed E-state index contributed by atoms with van der Waals surface area (Å²) in [5.41, 5.74) is -0.453. The molecule has 14 nitrogen and oxygen atoms in total. The predicted molar refractivity (Wildman–Crippen MR) is 220 cm³/mol. The van der Waals surface area contributed by atoms with Gasteiger partial charge in [0.2, 0.25) is 29.4 Å². The maximum atomic E-state index is 15.0. The van der Waals surface area contributed by atoms with E-state index in [0.29, 0.717) is 31.5 Å². The number of fused-ring (bicyclic) bond motifs is 1. The Kier molecular flexibility index (Phi) is 15.5. The highest BCUT2D eigenvalue weighted by Crippen LogP contribution is 2.65. The molecule has 58 heavy (non-hydrogen) atoms. The van der Waals surface area contributed by atoms with Gasteiger partial charge in [-0.25, -0.2) is 4.79 Å². The number of amides is 6. The molecule has 1 aromatic carbocycles. The molecule has 322 valence electrons. The third-order valence-electron chi connectivity index (χ3n) is 12.0. The Morgan fingerprint density at radius 1 is 0.931 bits per heavy atom. The molecular weight excluding hydrogens is 741 g/mol. The van der Waals surface area contributed by atoms with E-state index in [9.17, 15) is 28.8 Å². The molecule has 0 aromatic heterocycles. The summed E-state index contributed by atoms with van der Waals surface area (Å²) in [5, 5.41) is 7.84. The Labute approximate surface area is 344 Å². The second-order valence-corrected chi connectivity index (χ2v) is 18.6. The largest absolute Gasteiger partial charge is 0.444 e. The first-order chi connectivity index (χ1) is 27.2. The van der Waals surface area contributed by atoms with Crippen LogP contribution in [0.2, 0.25) is 0 Å². The van der Waals surface area contributed by atoms with Gasteiger partial charge in [-0.1, -0.05) is 90.6 Å². The van der Waals surface area contributed by atoms with E-state index in [1.165, 1.54) is 4.90 Å². The molecule has 1 saturated heterocycles. The molecule has 3 N–H and O–H groups in total. The Bertz CT molecular complexity index is 1650. The van der Waals surface area contributed by atoms with Crippen molar-refractivity contribution in [1.82, 2.24) is 30.7 Å². The molecule has 1 aromatic rings. The number of likely N-dealkylation sites (tertiary alicyclic amines) is 1. The molecule has 4 rings (SSSR count). The van der Waals surface area contributed by atoms with Crippen LogP contribution in [0.25, 0.3) is 0 Å². The Balaban J connectivity index is 1.53. The molecule has 2 unspecified atom stereocenters. The van der Waals surface area contributed by atoms with Gasteiger partial charge in [0.15, 0.2) is 0 Å². The van der Waals surface area contributed by atoms with Crippen molar-refractivity contribution >= 4 is 41.4 Å². The first kappa shape index (κ1) is 46.2. The summed E-state index contributed by atoms with van der Waals surface area (Å²) in [6.45, 7) is 15.6. The number of likely N-dealkylation sites (N-methyl/N-ethyl adjacent to an activating group) is 1. The molecule has 14 heteroatoms. The zero-order valence-corrected chi connectivity index (χ0v) is 36.4. The van der Waals surface area contributed by atoms with Crippen molar-refractivity contribution in [2.75, 3.05) is 33.7 Å². The minimum Gasteiger partial charge on any atom is -0.444 e. The molecular formula is C44H68N6O8. The van der Waals surface area contributed by atoms with Crippen molar-refractivity contribution in [3.63, 3.8) is 0 Å². The van der Waals surface area contributed by atoms with Crippen molar-refractivity contribution in [3.8, 4) is 0 Å². The molecule has 1 heterocycles.